The first-order valence-electron chi connectivity index (χ1n) is 12.3. The van der Waals surface area contributed by atoms with Gasteiger partial charge in [0.15, 0.2) is 0 Å². The number of aromatic nitrogens is 2. The molecular formula is C28H28ClFN6O3. The number of carbonyl (C=O) groups excluding carboxylic acids is 2. The molecule has 39 heavy (non-hydrogen) atoms. The van der Waals surface area contributed by atoms with Crippen LogP contribution < -0.4 is 15.4 Å². The highest BCUT2D eigenvalue weighted by Crippen LogP contribution is 2.34. The number of terminal acetylenes is 1. The molecule has 1 aliphatic rings. The number of anilines is 3. The third-order valence-electron chi connectivity index (χ3n) is 6.06. The number of nitrogens with zero attached hydrogens (tertiary/aromatic N) is 4. The van der Waals surface area contributed by atoms with Gasteiger partial charge in [-0.2, -0.15) is 0 Å². The molecule has 2 amide bonds. The Morgan fingerprint density at radius 1 is 1.31 bits per heavy atom. The van der Waals surface area contributed by atoms with Gasteiger partial charge in [-0.05, 0) is 51.2 Å². The van der Waals surface area contributed by atoms with E-state index in [1.54, 1.807) is 23.1 Å². The van der Waals surface area contributed by atoms with Crippen molar-refractivity contribution in [1.82, 2.24) is 19.8 Å². The first-order valence-corrected chi connectivity index (χ1v) is 12.6. The van der Waals surface area contributed by atoms with Crippen LogP contribution in [-0.2, 0) is 9.59 Å². The van der Waals surface area contributed by atoms with Crippen molar-refractivity contribution in [2.75, 3.05) is 44.4 Å². The highest BCUT2D eigenvalue weighted by atomic mass is 35.5. The molecule has 2 N–H and O–H groups in total. The van der Waals surface area contributed by atoms with Crippen molar-refractivity contribution >= 4 is 51.5 Å². The minimum atomic E-state index is -0.635. The van der Waals surface area contributed by atoms with Crippen LogP contribution in [0.2, 0.25) is 5.02 Å². The molecule has 0 bridgehead atoms. The van der Waals surface area contributed by atoms with Gasteiger partial charge >= 0.3 is 0 Å². The third-order valence-corrected chi connectivity index (χ3v) is 6.35. The van der Waals surface area contributed by atoms with Gasteiger partial charge in [-0.1, -0.05) is 23.6 Å². The van der Waals surface area contributed by atoms with Crippen LogP contribution in [-0.4, -0.2) is 71.4 Å². The summed E-state index contributed by atoms with van der Waals surface area (Å²) in [5, 5.41) is 6.54. The van der Waals surface area contributed by atoms with Crippen LogP contribution in [0.3, 0.4) is 0 Å². The maximum absolute atomic E-state index is 13.6. The number of ether oxygens (including phenoxy) is 1. The van der Waals surface area contributed by atoms with E-state index in [1.807, 2.05) is 19.0 Å². The molecule has 0 radical (unpaired) electrons. The second-order valence-electron chi connectivity index (χ2n) is 9.18. The highest BCUT2D eigenvalue weighted by Gasteiger charge is 2.33. The van der Waals surface area contributed by atoms with Crippen molar-refractivity contribution in [2.45, 2.75) is 18.9 Å². The minimum absolute atomic E-state index is 0.0244. The third kappa shape index (κ3) is 6.82. The average Bonchev–Trinajstić information content (AvgIpc) is 3.40. The number of rotatable bonds is 9. The number of carbonyl (C=O) groups is 2. The molecule has 11 heteroatoms. The predicted molar refractivity (Wildman–Crippen MR) is 150 cm³/mol. The number of fused-ring (bicyclic) bond motifs is 1. The maximum atomic E-state index is 13.6. The number of benzene rings is 2. The molecule has 4 rings (SSSR count). The summed E-state index contributed by atoms with van der Waals surface area (Å²) in [6.07, 6.45) is 11.3. The van der Waals surface area contributed by atoms with Crippen LogP contribution in [0.5, 0.6) is 5.75 Å². The molecule has 0 aliphatic carbocycles. The second kappa shape index (κ2) is 12.6. The largest absolute Gasteiger partial charge is 0.479 e. The Balaban J connectivity index is 1.63. The number of likely N-dealkylation sites (N-methyl/N-ethyl adjacent to an activating group) is 1. The second-order valence-corrected chi connectivity index (χ2v) is 9.59. The van der Waals surface area contributed by atoms with Crippen molar-refractivity contribution in [2.24, 2.45) is 0 Å². The summed E-state index contributed by atoms with van der Waals surface area (Å²) in [7, 11) is 3.82. The molecule has 202 valence electrons. The lowest BCUT2D eigenvalue weighted by Crippen LogP contribution is -2.42. The molecule has 1 aromatic heterocycles. The Morgan fingerprint density at radius 3 is 2.87 bits per heavy atom. The fourth-order valence-electron chi connectivity index (χ4n) is 4.21. The number of hydrogen-bond acceptors (Lipinski definition) is 7. The van der Waals surface area contributed by atoms with E-state index in [4.69, 9.17) is 22.8 Å². The lowest BCUT2D eigenvalue weighted by molar-refractivity contribution is -0.132. The molecule has 9 nitrogen and oxygen atoms in total. The smallest absolute Gasteiger partial charge is 0.247 e. The maximum Gasteiger partial charge on any atom is 0.247 e. The molecule has 0 spiro atoms. The number of nitrogens with one attached hydrogen (secondary N) is 2. The molecule has 1 atom stereocenters. The zero-order chi connectivity index (χ0) is 27.9. The minimum Gasteiger partial charge on any atom is -0.479 e. The zero-order valence-electron chi connectivity index (χ0n) is 21.6. The van der Waals surface area contributed by atoms with E-state index < -0.39 is 11.9 Å². The Hall–Kier alpha value is -4.20. The van der Waals surface area contributed by atoms with Crippen LogP contribution in [0.4, 0.5) is 21.6 Å². The van der Waals surface area contributed by atoms with E-state index in [0.29, 0.717) is 59.8 Å². The van der Waals surface area contributed by atoms with Gasteiger partial charge in [0.2, 0.25) is 11.8 Å². The molecule has 0 unspecified atom stereocenters. The fraction of sp³-hybridized carbons (Fsp3) is 0.286. The molecule has 2 heterocycles. The van der Waals surface area contributed by atoms with Gasteiger partial charge < -0.3 is 25.2 Å². The van der Waals surface area contributed by atoms with E-state index in [2.05, 4.69) is 26.5 Å². The van der Waals surface area contributed by atoms with Crippen molar-refractivity contribution in [3.63, 3.8) is 0 Å². The fourth-order valence-corrected chi connectivity index (χ4v) is 4.39. The van der Waals surface area contributed by atoms with E-state index in [9.17, 15) is 14.0 Å². The average molecular weight is 551 g/mol. The summed E-state index contributed by atoms with van der Waals surface area (Å²) in [6.45, 7) is 1.08. The number of likely N-dealkylation sites (tertiary alicyclic amines) is 1. The highest BCUT2D eigenvalue weighted by molar-refractivity contribution is 6.31. The van der Waals surface area contributed by atoms with Gasteiger partial charge in [0.1, 0.15) is 36.4 Å². The number of halogens is 2. The Bertz CT molecular complexity index is 1460. The van der Waals surface area contributed by atoms with Crippen molar-refractivity contribution in [1.29, 1.82) is 0 Å². The van der Waals surface area contributed by atoms with Crippen molar-refractivity contribution in [3.8, 4) is 18.1 Å². The predicted octanol–water partition coefficient (Wildman–Crippen LogP) is 4.23. The molecule has 1 fully saturated rings. The molecule has 0 saturated carbocycles. The summed E-state index contributed by atoms with van der Waals surface area (Å²) in [4.78, 5) is 38.3. The van der Waals surface area contributed by atoms with E-state index in [-0.39, 0.29) is 23.4 Å². The Morgan fingerprint density at radius 2 is 2.13 bits per heavy atom. The first-order chi connectivity index (χ1) is 18.8. The molecule has 1 aliphatic heterocycles. The van der Waals surface area contributed by atoms with Crippen LogP contribution in [0.1, 0.15) is 12.8 Å². The van der Waals surface area contributed by atoms with Crippen molar-refractivity contribution < 1.29 is 18.7 Å². The lowest BCUT2D eigenvalue weighted by atomic mass is 10.1. The van der Waals surface area contributed by atoms with E-state index >= 15 is 0 Å². The number of amides is 2. The van der Waals surface area contributed by atoms with Crippen molar-refractivity contribution in [3.05, 3.63) is 59.7 Å². The van der Waals surface area contributed by atoms with Gasteiger partial charge in [0.25, 0.3) is 0 Å². The van der Waals surface area contributed by atoms with Crippen LogP contribution >= 0.6 is 11.6 Å². The normalized spacial score (nSPS) is 15.1. The van der Waals surface area contributed by atoms with Gasteiger partial charge in [-0.25, -0.2) is 14.4 Å². The Labute approximate surface area is 231 Å². The molecule has 1 saturated heterocycles. The number of hydrogen-bond donors (Lipinski definition) is 2. The quantitative estimate of drug-likeness (QED) is 0.304. The summed E-state index contributed by atoms with van der Waals surface area (Å²) >= 11 is 5.93. The summed E-state index contributed by atoms with van der Waals surface area (Å²) in [5.41, 5.74) is 1.39. The summed E-state index contributed by atoms with van der Waals surface area (Å²) in [6, 6.07) is 6.90. The van der Waals surface area contributed by atoms with Gasteiger partial charge in [-0.3, -0.25) is 9.59 Å². The van der Waals surface area contributed by atoms with Gasteiger partial charge in [-0.15, -0.1) is 6.42 Å². The monoisotopic (exact) mass is 550 g/mol. The molecule has 2 aromatic carbocycles. The van der Waals surface area contributed by atoms with Gasteiger partial charge in [0.05, 0.1) is 16.2 Å². The van der Waals surface area contributed by atoms with E-state index in [1.165, 1.54) is 30.6 Å². The molecular weight excluding hydrogens is 523 g/mol. The van der Waals surface area contributed by atoms with E-state index in [0.717, 1.165) is 0 Å². The molecule has 3 aromatic rings. The van der Waals surface area contributed by atoms with Crippen LogP contribution in [0.15, 0.2) is 48.8 Å². The summed E-state index contributed by atoms with van der Waals surface area (Å²) < 4.78 is 19.3. The SMILES string of the molecule is C#CCOc1cc2ncnc(Nc3ccc(F)c(Cl)c3)c2cc1NC(=O)[C@H]1CCCN1C(=O)/C=C/CN(C)C. The standard InChI is InChI=1S/C28H28ClFN6O3/c1-4-13-39-25-16-22-19(27(32-17-31-22)33-18-9-10-21(30)20(29)14-18)15-23(25)34-28(38)24-7-5-12-36(24)26(37)8-6-11-35(2)3/h1,6,8-10,14-17,24H,5,7,11-13H2,2-3H3,(H,34,38)(H,31,32,33)/b8-6+/t24-/m1/s1. The summed E-state index contributed by atoms with van der Waals surface area (Å²) in [5.74, 6) is 2.05. The first kappa shape index (κ1) is 27.8. The van der Waals surface area contributed by atoms with Crippen LogP contribution in [0, 0.1) is 18.2 Å². The van der Waals surface area contributed by atoms with Crippen LogP contribution in [0.25, 0.3) is 10.9 Å². The lowest BCUT2D eigenvalue weighted by Gasteiger charge is -2.23. The topological polar surface area (TPSA) is 99.7 Å². The zero-order valence-corrected chi connectivity index (χ0v) is 22.3. The Kier molecular flexibility index (Phi) is 8.96. The van der Waals surface area contributed by atoms with Gasteiger partial charge in [0, 0.05) is 36.3 Å².